The molecule has 0 aliphatic heterocycles. The van der Waals surface area contributed by atoms with Gasteiger partial charge in [0, 0.05) is 0 Å². The molecule has 0 radical (unpaired) electrons. The molecular weight excluding hydrogens is 169 g/mol. The highest BCUT2D eigenvalue weighted by Crippen LogP contribution is 2.17. The van der Waals surface area contributed by atoms with E-state index in [4.69, 9.17) is 10.8 Å². The van der Waals surface area contributed by atoms with Crippen molar-refractivity contribution in [2.75, 3.05) is 6.61 Å². The summed E-state index contributed by atoms with van der Waals surface area (Å²) in [6.07, 6.45) is 0.795. The van der Waals surface area contributed by atoms with E-state index < -0.39 is 6.04 Å². The third-order valence-corrected chi connectivity index (χ3v) is 2.08. The van der Waals surface area contributed by atoms with Crippen LogP contribution in [-0.2, 0) is 6.42 Å². The monoisotopic (exact) mass is 183 g/mol. The molecule has 1 atom stereocenters. The second-order valence-electron chi connectivity index (χ2n) is 2.99. The Kier molecular flexibility index (Phi) is 3.39. The summed E-state index contributed by atoms with van der Waals surface area (Å²) in [6, 6.07) is 4.03. The predicted molar refractivity (Wildman–Crippen MR) is 49.8 cm³/mol. The van der Waals surface area contributed by atoms with Gasteiger partial charge in [-0.25, -0.2) is 4.39 Å². The summed E-state index contributed by atoms with van der Waals surface area (Å²) < 4.78 is 12.8. The van der Waals surface area contributed by atoms with Crippen LogP contribution < -0.4 is 5.73 Å². The quantitative estimate of drug-likeness (QED) is 0.743. The molecule has 1 unspecified atom stereocenters. The van der Waals surface area contributed by atoms with E-state index in [1.165, 1.54) is 12.1 Å². The van der Waals surface area contributed by atoms with Crippen molar-refractivity contribution in [3.63, 3.8) is 0 Å². The number of hydrogen-bond donors (Lipinski definition) is 2. The van der Waals surface area contributed by atoms with Crippen molar-refractivity contribution < 1.29 is 9.50 Å². The molecule has 0 saturated carbocycles. The van der Waals surface area contributed by atoms with Crippen molar-refractivity contribution in [3.05, 3.63) is 35.1 Å². The zero-order chi connectivity index (χ0) is 9.84. The first kappa shape index (κ1) is 10.2. The molecule has 0 spiro atoms. The Morgan fingerprint density at radius 3 is 2.77 bits per heavy atom. The molecule has 2 nitrogen and oxygen atoms in total. The highest BCUT2D eigenvalue weighted by molar-refractivity contribution is 5.30. The van der Waals surface area contributed by atoms with Crippen LogP contribution in [0.5, 0.6) is 0 Å². The molecule has 0 aromatic heterocycles. The van der Waals surface area contributed by atoms with Crippen LogP contribution >= 0.6 is 0 Å². The fourth-order valence-electron chi connectivity index (χ4n) is 1.33. The zero-order valence-corrected chi connectivity index (χ0v) is 7.63. The fraction of sp³-hybridized carbons (Fsp3) is 0.400. The van der Waals surface area contributed by atoms with E-state index >= 15 is 0 Å². The van der Waals surface area contributed by atoms with Crippen LogP contribution in [0.2, 0.25) is 0 Å². The average Bonchev–Trinajstić information content (AvgIpc) is 2.16. The molecular formula is C10H14FNO. The lowest BCUT2D eigenvalue weighted by Crippen LogP contribution is -2.16. The number of hydrogen-bond acceptors (Lipinski definition) is 2. The van der Waals surface area contributed by atoms with E-state index in [0.717, 1.165) is 12.0 Å². The summed E-state index contributed by atoms with van der Waals surface area (Å²) in [5.74, 6) is -0.309. The smallest absolute Gasteiger partial charge is 0.123 e. The van der Waals surface area contributed by atoms with Crippen LogP contribution in [0.3, 0.4) is 0 Å². The van der Waals surface area contributed by atoms with E-state index in [-0.39, 0.29) is 12.4 Å². The molecule has 0 bridgehead atoms. The third kappa shape index (κ3) is 2.26. The number of nitrogens with two attached hydrogens (primary N) is 1. The summed E-state index contributed by atoms with van der Waals surface area (Å²) in [6.45, 7) is 1.82. The van der Waals surface area contributed by atoms with Crippen LogP contribution in [0.4, 0.5) is 4.39 Å². The molecule has 0 aliphatic rings. The van der Waals surface area contributed by atoms with Crippen LogP contribution in [-0.4, -0.2) is 11.7 Å². The van der Waals surface area contributed by atoms with Gasteiger partial charge in [0.2, 0.25) is 0 Å². The Hall–Kier alpha value is -0.930. The van der Waals surface area contributed by atoms with Gasteiger partial charge in [-0.05, 0) is 29.7 Å². The van der Waals surface area contributed by atoms with Gasteiger partial charge in [0.25, 0.3) is 0 Å². The summed E-state index contributed by atoms with van der Waals surface area (Å²) in [5, 5.41) is 8.85. The maximum atomic E-state index is 12.8. The first-order valence-electron chi connectivity index (χ1n) is 4.33. The minimum atomic E-state index is -0.481. The highest BCUT2D eigenvalue weighted by atomic mass is 19.1. The molecule has 3 heteroatoms. The Morgan fingerprint density at radius 2 is 2.23 bits per heavy atom. The molecule has 72 valence electrons. The second-order valence-corrected chi connectivity index (χ2v) is 2.99. The molecule has 1 rings (SSSR count). The highest BCUT2D eigenvalue weighted by Gasteiger charge is 2.09. The second kappa shape index (κ2) is 4.35. The van der Waals surface area contributed by atoms with Crippen molar-refractivity contribution in [2.45, 2.75) is 19.4 Å². The van der Waals surface area contributed by atoms with Crippen molar-refractivity contribution in [3.8, 4) is 0 Å². The summed E-state index contributed by atoms with van der Waals surface area (Å²) in [7, 11) is 0. The normalized spacial score (nSPS) is 12.9. The number of halogens is 1. The molecule has 1 aromatic rings. The standard InChI is InChI=1S/C10H14FNO/c1-2-7-3-4-8(11)5-9(7)10(12)6-13/h3-5,10,13H,2,6,12H2,1H3. The lowest BCUT2D eigenvalue weighted by Gasteiger charge is -2.13. The van der Waals surface area contributed by atoms with E-state index in [9.17, 15) is 4.39 Å². The van der Waals surface area contributed by atoms with Crippen molar-refractivity contribution in [1.82, 2.24) is 0 Å². The first-order valence-corrected chi connectivity index (χ1v) is 4.33. The van der Waals surface area contributed by atoms with E-state index in [0.29, 0.717) is 5.56 Å². The van der Waals surface area contributed by atoms with Gasteiger partial charge in [-0.2, -0.15) is 0 Å². The lowest BCUT2D eigenvalue weighted by molar-refractivity contribution is 0.267. The molecule has 3 N–H and O–H groups in total. The van der Waals surface area contributed by atoms with Crippen LogP contribution in [0.25, 0.3) is 0 Å². The molecule has 0 fully saturated rings. The van der Waals surface area contributed by atoms with Crippen molar-refractivity contribution in [1.29, 1.82) is 0 Å². The Morgan fingerprint density at radius 1 is 1.54 bits per heavy atom. The lowest BCUT2D eigenvalue weighted by atomic mass is 9.99. The topological polar surface area (TPSA) is 46.2 Å². The average molecular weight is 183 g/mol. The Balaban J connectivity index is 3.07. The van der Waals surface area contributed by atoms with Gasteiger partial charge < -0.3 is 10.8 Å². The van der Waals surface area contributed by atoms with Gasteiger partial charge >= 0.3 is 0 Å². The van der Waals surface area contributed by atoms with Gasteiger partial charge in [-0.15, -0.1) is 0 Å². The van der Waals surface area contributed by atoms with Gasteiger partial charge in [0.05, 0.1) is 12.6 Å². The number of aliphatic hydroxyl groups is 1. The maximum Gasteiger partial charge on any atom is 0.123 e. The molecule has 13 heavy (non-hydrogen) atoms. The Bertz CT molecular complexity index is 288. The van der Waals surface area contributed by atoms with Gasteiger partial charge in [0.1, 0.15) is 5.82 Å². The Labute approximate surface area is 77.2 Å². The van der Waals surface area contributed by atoms with Crippen molar-refractivity contribution in [2.24, 2.45) is 5.73 Å². The van der Waals surface area contributed by atoms with Gasteiger partial charge in [-0.1, -0.05) is 13.0 Å². The van der Waals surface area contributed by atoms with E-state index in [1.54, 1.807) is 6.07 Å². The van der Waals surface area contributed by atoms with Crippen LogP contribution in [0.1, 0.15) is 24.1 Å². The predicted octanol–water partition coefficient (Wildman–Crippen LogP) is 1.38. The van der Waals surface area contributed by atoms with E-state index in [1.807, 2.05) is 6.92 Å². The summed E-state index contributed by atoms with van der Waals surface area (Å²) >= 11 is 0. The fourth-order valence-corrected chi connectivity index (χ4v) is 1.33. The van der Waals surface area contributed by atoms with Crippen molar-refractivity contribution >= 4 is 0 Å². The largest absolute Gasteiger partial charge is 0.394 e. The maximum absolute atomic E-state index is 12.8. The molecule has 0 aliphatic carbocycles. The minimum Gasteiger partial charge on any atom is -0.394 e. The van der Waals surface area contributed by atoms with E-state index in [2.05, 4.69) is 0 Å². The molecule has 0 amide bonds. The van der Waals surface area contributed by atoms with Crippen LogP contribution in [0.15, 0.2) is 18.2 Å². The zero-order valence-electron chi connectivity index (χ0n) is 7.63. The number of aryl methyl sites for hydroxylation is 1. The number of benzene rings is 1. The minimum absolute atomic E-state index is 0.156. The number of aliphatic hydroxyl groups excluding tert-OH is 1. The van der Waals surface area contributed by atoms with Gasteiger partial charge in [0.15, 0.2) is 0 Å². The summed E-state index contributed by atoms with van der Waals surface area (Å²) in [4.78, 5) is 0. The molecule has 1 aromatic carbocycles. The summed E-state index contributed by atoms with van der Waals surface area (Å²) in [5.41, 5.74) is 7.31. The van der Waals surface area contributed by atoms with Gasteiger partial charge in [-0.3, -0.25) is 0 Å². The number of rotatable bonds is 3. The third-order valence-electron chi connectivity index (χ3n) is 2.08. The van der Waals surface area contributed by atoms with Crippen LogP contribution in [0, 0.1) is 5.82 Å². The SMILES string of the molecule is CCc1ccc(F)cc1C(N)CO. The molecule has 0 saturated heterocycles. The molecule has 0 heterocycles. The first-order chi connectivity index (χ1) is 6.19.